The smallest absolute Gasteiger partial charge is 0.252 e. The number of hydrogen-bond donors (Lipinski definition) is 1. The standard InChI is InChI=1S/C23H24ClN3OS/c1-15-10-19(14-29-15)23(28)27-12-16-2-4-18(5-3-16)22-21(11-20(24)13-26-22)17-6-8-25-9-7-17/h6-11,13-14,16,18H,2-5,12H2,1H3,(H,27,28). The van der Waals surface area contributed by atoms with Crippen LogP contribution in [0.4, 0.5) is 0 Å². The number of carbonyl (C=O) groups is 1. The third-order valence-corrected chi connectivity index (χ3v) is 6.72. The fourth-order valence-corrected chi connectivity index (χ4v) is 4.92. The van der Waals surface area contributed by atoms with Gasteiger partial charge in [-0.05, 0) is 68.4 Å². The summed E-state index contributed by atoms with van der Waals surface area (Å²) in [6.07, 6.45) is 9.68. The van der Waals surface area contributed by atoms with Gasteiger partial charge in [0, 0.05) is 46.9 Å². The Labute approximate surface area is 180 Å². The fourth-order valence-electron chi connectivity index (χ4n) is 4.08. The van der Waals surface area contributed by atoms with Crippen LogP contribution >= 0.6 is 22.9 Å². The van der Waals surface area contributed by atoms with Crippen molar-refractivity contribution in [2.75, 3.05) is 6.54 Å². The summed E-state index contributed by atoms with van der Waals surface area (Å²) in [5.41, 5.74) is 4.10. The molecular formula is C23H24ClN3OS. The van der Waals surface area contributed by atoms with E-state index >= 15 is 0 Å². The maximum atomic E-state index is 12.3. The molecule has 3 aromatic heterocycles. The van der Waals surface area contributed by atoms with Crippen LogP contribution in [0.2, 0.25) is 5.02 Å². The van der Waals surface area contributed by atoms with Crippen LogP contribution in [0.25, 0.3) is 11.1 Å². The predicted octanol–water partition coefficient (Wildman–Crippen LogP) is 5.87. The van der Waals surface area contributed by atoms with E-state index in [1.807, 2.05) is 36.6 Å². The number of hydrogen-bond acceptors (Lipinski definition) is 4. The molecule has 0 bridgehead atoms. The molecule has 1 aliphatic carbocycles. The topological polar surface area (TPSA) is 54.9 Å². The van der Waals surface area contributed by atoms with E-state index in [2.05, 4.69) is 10.3 Å². The second kappa shape index (κ2) is 9.06. The summed E-state index contributed by atoms with van der Waals surface area (Å²) < 4.78 is 0. The average molecular weight is 426 g/mol. The Kier molecular flexibility index (Phi) is 6.26. The average Bonchev–Trinajstić information content (AvgIpc) is 3.19. The molecule has 0 spiro atoms. The summed E-state index contributed by atoms with van der Waals surface area (Å²) in [6.45, 7) is 2.76. The van der Waals surface area contributed by atoms with Crippen molar-refractivity contribution in [2.45, 2.75) is 38.5 Å². The first-order valence-electron chi connectivity index (χ1n) is 9.99. The van der Waals surface area contributed by atoms with Gasteiger partial charge in [0.25, 0.3) is 5.91 Å². The van der Waals surface area contributed by atoms with Crippen LogP contribution in [0, 0.1) is 12.8 Å². The zero-order valence-corrected chi connectivity index (χ0v) is 18.0. The summed E-state index contributed by atoms with van der Waals surface area (Å²) in [5.74, 6) is 0.976. The van der Waals surface area contributed by atoms with E-state index in [9.17, 15) is 4.79 Å². The lowest BCUT2D eigenvalue weighted by Gasteiger charge is -2.29. The van der Waals surface area contributed by atoms with Crippen molar-refractivity contribution in [1.29, 1.82) is 0 Å². The van der Waals surface area contributed by atoms with Crippen molar-refractivity contribution < 1.29 is 4.79 Å². The molecule has 3 aromatic rings. The molecule has 6 heteroatoms. The summed E-state index contributed by atoms with van der Waals surface area (Å²) in [4.78, 5) is 22.3. The lowest BCUT2D eigenvalue weighted by atomic mass is 9.78. The molecule has 150 valence electrons. The van der Waals surface area contributed by atoms with Gasteiger partial charge < -0.3 is 5.32 Å². The molecule has 0 aliphatic heterocycles. The molecule has 0 saturated heterocycles. The Bertz CT molecular complexity index is 981. The molecule has 1 N–H and O–H groups in total. The summed E-state index contributed by atoms with van der Waals surface area (Å²) in [6, 6.07) is 7.96. The van der Waals surface area contributed by atoms with Gasteiger partial charge in [-0.1, -0.05) is 11.6 Å². The highest BCUT2D eigenvalue weighted by molar-refractivity contribution is 7.10. The molecule has 1 amide bonds. The van der Waals surface area contributed by atoms with Gasteiger partial charge in [0.15, 0.2) is 0 Å². The monoisotopic (exact) mass is 425 g/mol. The minimum Gasteiger partial charge on any atom is -0.352 e. The van der Waals surface area contributed by atoms with Crippen molar-refractivity contribution in [2.24, 2.45) is 5.92 Å². The first kappa shape index (κ1) is 20.0. The first-order chi connectivity index (χ1) is 14.1. The van der Waals surface area contributed by atoms with Crippen molar-refractivity contribution in [3.8, 4) is 11.1 Å². The van der Waals surface area contributed by atoms with Crippen molar-refractivity contribution in [3.63, 3.8) is 0 Å². The van der Waals surface area contributed by atoms with Crippen molar-refractivity contribution in [3.05, 3.63) is 69.4 Å². The Morgan fingerprint density at radius 3 is 2.66 bits per heavy atom. The van der Waals surface area contributed by atoms with E-state index in [1.165, 1.54) is 0 Å². The number of nitrogens with zero attached hydrogens (tertiary/aromatic N) is 2. The normalized spacial score (nSPS) is 19.1. The zero-order valence-electron chi connectivity index (χ0n) is 16.4. The Hall–Kier alpha value is -2.24. The van der Waals surface area contributed by atoms with Crippen LogP contribution in [-0.2, 0) is 0 Å². The third-order valence-electron chi connectivity index (χ3n) is 5.65. The minimum absolute atomic E-state index is 0.0378. The van der Waals surface area contributed by atoms with E-state index < -0.39 is 0 Å². The molecule has 1 fully saturated rings. The minimum atomic E-state index is 0.0378. The number of rotatable bonds is 5. The number of halogens is 1. The molecule has 1 aliphatic rings. The van der Waals surface area contributed by atoms with E-state index in [-0.39, 0.29) is 5.91 Å². The molecule has 0 unspecified atom stereocenters. The van der Waals surface area contributed by atoms with Gasteiger partial charge >= 0.3 is 0 Å². The van der Waals surface area contributed by atoms with Gasteiger partial charge in [-0.2, -0.15) is 0 Å². The Morgan fingerprint density at radius 1 is 1.21 bits per heavy atom. The SMILES string of the molecule is Cc1cc(C(=O)NCC2CCC(c3ncc(Cl)cc3-c3ccncc3)CC2)cs1. The Balaban J connectivity index is 1.38. The van der Waals surface area contributed by atoms with E-state index in [0.717, 1.165) is 59.5 Å². The number of thiophene rings is 1. The summed E-state index contributed by atoms with van der Waals surface area (Å²) in [5, 5.41) is 5.69. The lowest BCUT2D eigenvalue weighted by molar-refractivity contribution is 0.0943. The van der Waals surface area contributed by atoms with Crippen molar-refractivity contribution in [1.82, 2.24) is 15.3 Å². The van der Waals surface area contributed by atoms with Gasteiger partial charge in [-0.3, -0.25) is 14.8 Å². The highest BCUT2D eigenvalue weighted by Gasteiger charge is 2.26. The molecule has 29 heavy (non-hydrogen) atoms. The van der Waals surface area contributed by atoms with Gasteiger partial charge in [-0.25, -0.2) is 0 Å². The van der Waals surface area contributed by atoms with E-state index in [1.54, 1.807) is 29.9 Å². The predicted molar refractivity (Wildman–Crippen MR) is 119 cm³/mol. The number of carbonyl (C=O) groups excluding carboxylic acids is 1. The second-order valence-corrected chi connectivity index (χ2v) is 9.25. The fraction of sp³-hybridized carbons (Fsp3) is 0.348. The van der Waals surface area contributed by atoms with Gasteiger partial charge in [0.05, 0.1) is 16.3 Å². The summed E-state index contributed by atoms with van der Waals surface area (Å²) >= 11 is 7.85. The molecule has 3 heterocycles. The first-order valence-corrected chi connectivity index (χ1v) is 11.2. The Morgan fingerprint density at radius 2 is 1.97 bits per heavy atom. The number of amides is 1. The second-order valence-electron chi connectivity index (χ2n) is 7.70. The molecule has 0 aromatic carbocycles. The number of aromatic nitrogens is 2. The molecule has 1 saturated carbocycles. The van der Waals surface area contributed by atoms with Crippen LogP contribution < -0.4 is 5.32 Å². The lowest BCUT2D eigenvalue weighted by Crippen LogP contribution is -2.31. The van der Waals surface area contributed by atoms with Gasteiger partial charge in [0.2, 0.25) is 0 Å². The summed E-state index contributed by atoms with van der Waals surface area (Å²) in [7, 11) is 0. The molecule has 4 rings (SSSR count). The number of pyridine rings is 2. The largest absolute Gasteiger partial charge is 0.352 e. The molecular weight excluding hydrogens is 402 g/mol. The number of aryl methyl sites for hydroxylation is 1. The third kappa shape index (κ3) is 4.85. The van der Waals surface area contributed by atoms with Crippen molar-refractivity contribution >= 4 is 28.8 Å². The van der Waals surface area contributed by atoms with Crippen LogP contribution in [0.1, 0.15) is 52.5 Å². The van der Waals surface area contributed by atoms with Crippen LogP contribution in [0.15, 0.2) is 48.2 Å². The molecule has 4 nitrogen and oxygen atoms in total. The number of nitrogens with one attached hydrogen (secondary N) is 1. The van der Waals surface area contributed by atoms with Gasteiger partial charge in [-0.15, -0.1) is 11.3 Å². The van der Waals surface area contributed by atoms with Gasteiger partial charge in [0.1, 0.15) is 0 Å². The maximum Gasteiger partial charge on any atom is 0.252 e. The molecule has 0 radical (unpaired) electrons. The maximum absolute atomic E-state index is 12.3. The highest BCUT2D eigenvalue weighted by atomic mass is 35.5. The van der Waals surface area contributed by atoms with Crippen LogP contribution in [-0.4, -0.2) is 22.4 Å². The van der Waals surface area contributed by atoms with Crippen LogP contribution in [0.3, 0.4) is 0 Å². The van der Waals surface area contributed by atoms with E-state index in [4.69, 9.17) is 16.6 Å². The highest BCUT2D eigenvalue weighted by Crippen LogP contribution is 2.39. The van der Waals surface area contributed by atoms with E-state index in [0.29, 0.717) is 16.9 Å². The van der Waals surface area contributed by atoms with Crippen LogP contribution in [0.5, 0.6) is 0 Å². The molecule has 0 atom stereocenters. The zero-order chi connectivity index (χ0) is 20.2. The quantitative estimate of drug-likeness (QED) is 0.556.